The van der Waals surface area contributed by atoms with Gasteiger partial charge in [0.15, 0.2) is 11.4 Å². The number of aromatic nitrogens is 2. The van der Waals surface area contributed by atoms with Crippen molar-refractivity contribution >= 4 is 24.3 Å². The molecule has 0 radical (unpaired) electrons. The summed E-state index contributed by atoms with van der Waals surface area (Å²) in [6.45, 7) is 0. The number of hydrogen-bond donors (Lipinski definition) is 2. The van der Waals surface area contributed by atoms with E-state index in [1.54, 1.807) is 0 Å². The molecule has 0 aliphatic carbocycles. The summed E-state index contributed by atoms with van der Waals surface area (Å²) in [6.07, 6.45) is 1.15. The van der Waals surface area contributed by atoms with Gasteiger partial charge in [-0.3, -0.25) is 0 Å². The molecule has 1 aromatic rings. The molecule has 0 atom stereocenters. The fraction of sp³-hybridized carbons (Fsp3) is 0.167. The maximum atomic E-state index is 10.5. The van der Waals surface area contributed by atoms with Crippen LogP contribution in [-0.4, -0.2) is 31.7 Å². The lowest BCUT2D eigenvalue weighted by molar-refractivity contribution is 0.0641. The molecule has 13 heavy (non-hydrogen) atoms. The zero-order valence-corrected chi connectivity index (χ0v) is 7.41. The van der Waals surface area contributed by atoms with Gasteiger partial charge in [0.25, 0.3) is 0 Å². The van der Waals surface area contributed by atoms with Crippen molar-refractivity contribution in [2.75, 3.05) is 0 Å². The van der Waals surface area contributed by atoms with Crippen LogP contribution in [0.5, 0.6) is 0 Å². The van der Waals surface area contributed by atoms with Crippen molar-refractivity contribution < 1.29 is 19.8 Å². The molecule has 0 aromatic carbocycles. The van der Waals surface area contributed by atoms with Crippen LogP contribution >= 0.6 is 12.4 Å². The molecule has 1 heterocycles. The van der Waals surface area contributed by atoms with Crippen LogP contribution in [0.1, 0.15) is 21.0 Å². The molecule has 1 aromatic heterocycles. The highest BCUT2D eigenvalue weighted by molar-refractivity contribution is 5.98. The summed E-state index contributed by atoms with van der Waals surface area (Å²) in [4.78, 5) is 24.3. The summed E-state index contributed by atoms with van der Waals surface area (Å²) < 4.78 is 1.14. The summed E-state index contributed by atoms with van der Waals surface area (Å²) >= 11 is 0. The Hall–Kier alpha value is -1.56. The molecule has 0 unspecified atom stereocenters. The molecule has 2 N–H and O–H groups in total. The van der Waals surface area contributed by atoms with Gasteiger partial charge in [0.05, 0.1) is 6.33 Å². The predicted molar refractivity (Wildman–Crippen MR) is 44.4 cm³/mol. The van der Waals surface area contributed by atoms with E-state index in [2.05, 4.69) is 4.98 Å². The number of nitrogens with zero attached hydrogens (tertiary/aromatic N) is 2. The van der Waals surface area contributed by atoms with Gasteiger partial charge in [0.1, 0.15) is 0 Å². The molecule has 0 saturated heterocycles. The Morgan fingerprint density at radius 2 is 1.92 bits per heavy atom. The second kappa shape index (κ2) is 3.90. The number of aryl methyl sites for hydroxylation is 1. The lowest BCUT2D eigenvalue weighted by atomic mass is 10.3. The molecule has 0 fully saturated rings. The van der Waals surface area contributed by atoms with Crippen LogP contribution in [0.2, 0.25) is 0 Å². The number of carboxylic acid groups (broad SMARTS) is 2. The first-order valence-corrected chi connectivity index (χ1v) is 3.02. The van der Waals surface area contributed by atoms with Crippen molar-refractivity contribution in [1.29, 1.82) is 0 Å². The van der Waals surface area contributed by atoms with Crippen LogP contribution in [-0.2, 0) is 7.05 Å². The first-order chi connectivity index (χ1) is 5.54. The SMILES string of the molecule is Cl.Cn1cnc(C(=O)O)c1C(=O)O. The lowest BCUT2D eigenvalue weighted by Crippen LogP contribution is -2.10. The smallest absolute Gasteiger partial charge is 0.357 e. The van der Waals surface area contributed by atoms with E-state index in [-0.39, 0.29) is 18.1 Å². The van der Waals surface area contributed by atoms with E-state index in [0.717, 1.165) is 10.9 Å². The number of carboxylic acids is 2. The van der Waals surface area contributed by atoms with Gasteiger partial charge in [-0.05, 0) is 0 Å². The number of hydrogen-bond acceptors (Lipinski definition) is 3. The normalized spacial score (nSPS) is 9.00. The Kier molecular flexibility index (Phi) is 3.43. The summed E-state index contributed by atoms with van der Waals surface area (Å²) in [7, 11) is 1.42. The molecular weight excluding hydrogens is 200 g/mol. The summed E-state index contributed by atoms with van der Waals surface area (Å²) in [6, 6.07) is 0. The second-order valence-electron chi connectivity index (χ2n) is 2.16. The van der Waals surface area contributed by atoms with E-state index in [1.165, 1.54) is 7.05 Å². The van der Waals surface area contributed by atoms with Gasteiger partial charge < -0.3 is 14.8 Å². The van der Waals surface area contributed by atoms with Gasteiger partial charge in [0, 0.05) is 7.05 Å². The number of rotatable bonds is 2. The number of carbonyl (C=O) groups is 2. The molecule has 0 bridgehead atoms. The third-order valence-electron chi connectivity index (χ3n) is 1.34. The fourth-order valence-corrected chi connectivity index (χ4v) is 0.839. The summed E-state index contributed by atoms with van der Waals surface area (Å²) in [5.74, 6) is -2.64. The van der Waals surface area contributed by atoms with Gasteiger partial charge in [-0.2, -0.15) is 0 Å². The Morgan fingerprint density at radius 3 is 2.23 bits per heavy atom. The van der Waals surface area contributed by atoms with E-state index in [4.69, 9.17) is 10.2 Å². The van der Waals surface area contributed by atoms with Crippen molar-refractivity contribution in [1.82, 2.24) is 9.55 Å². The van der Waals surface area contributed by atoms with E-state index in [9.17, 15) is 9.59 Å². The van der Waals surface area contributed by atoms with Gasteiger partial charge in [-0.25, -0.2) is 14.6 Å². The largest absolute Gasteiger partial charge is 0.476 e. The third-order valence-corrected chi connectivity index (χ3v) is 1.34. The van der Waals surface area contributed by atoms with Gasteiger partial charge in [-0.1, -0.05) is 0 Å². The maximum Gasteiger partial charge on any atom is 0.357 e. The molecule has 0 saturated carbocycles. The highest BCUT2D eigenvalue weighted by Crippen LogP contribution is 2.05. The molecule has 0 aliphatic heterocycles. The van der Waals surface area contributed by atoms with E-state index in [1.807, 2.05) is 0 Å². The molecule has 0 aliphatic rings. The van der Waals surface area contributed by atoms with Crippen LogP contribution in [0, 0.1) is 0 Å². The second-order valence-corrected chi connectivity index (χ2v) is 2.16. The van der Waals surface area contributed by atoms with Gasteiger partial charge >= 0.3 is 11.9 Å². The van der Waals surface area contributed by atoms with Gasteiger partial charge in [-0.15, -0.1) is 12.4 Å². The van der Waals surface area contributed by atoms with Crippen LogP contribution in [0.25, 0.3) is 0 Å². The van der Waals surface area contributed by atoms with Crippen molar-refractivity contribution in [2.45, 2.75) is 0 Å². The van der Waals surface area contributed by atoms with Crippen LogP contribution in [0.3, 0.4) is 0 Å². The fourth-order valence-electron chi connectivity index (χ4n) is 0.839. The van der Waals surface area contributed by atoms with E-state index >= 15 is 0 Å². The molecule has 72 valence electrons. The lowest BCUT2D eigenvalue weighted by Gasteiger charge is -1.95. The van der Waals surface area contributed by atoms with Crippen molar-refractivity contribution in [3.63, 3.8) is 0 Å². The topological polar surface area (TPSA) is 92.4 Å². The monoisotopic (exact) mass is 206 g/mol. The van der Waals surface area contributed by atoms with Crippen molar-refractivity contribution in [2.24, 2.45) is 7.05 Å². The number of imidazole rings is 1. The Morgan fingerprint density at radius 1 is 1.38 bits per heavy atom. The minimum absolute atomic E-state index is 0. The Balaban J connectivity index is 0.00000144. The first kappa shape index (κ1) is 11.4. The average Bonchev–Trinajstić information content (AvgIpc) is 2.30. The minimum Gasteiger partial charge on any atom is -0.476 e. The van der Waals surface area contributed by atoms with Crippen molar-refractivity contribution in [3.8, 4) is 0 Å². The molecule has 1 rings (SSSR count). The Bertz CT molecular complexity index is 346. The summed E-state index contributed by atoms with van der Waals surface area (Å²) in [5, 5.41) is 17.0. The van der Waals surface area contributed by atoms with Crippen molar-refractivity contribution in [3.05, 3.63) is 17.7 Å². The van der Waals surface area contributed by atoms with Crippen LogP contribution < -0.4 is 0 Å². The minimum atomic E-state index is -1.34. The summed E-state index contributed by atoms with van der Waals surface area (Å²) in [5.41, 5.74) is -0.757. The third kappa shape index (κ3) is 1.97. The standard InChI is InChI=1S/C6H6N2O4.ClH/c1-8-2-7-3(5(9)10)4(8)6(11)12;/h2H,1H3,(H,9,10)(H,11,12);1H. The van der Waals surface area contributed by atoms with Crippen LogP contribution in [0.4, 0.5) is 0 Å². The highest BCUT2D eigenvalue weighted by Gasteiger charge is 2.20. The zero-order chi connectivity index (χ0) is 9.30. The molecule has 6 nitrogen and oxygen atoms in total. The molecule has 0 spiro atoms. The average molecular weight is 207 g/mol. The van der Waals surface area contributed by atoms with Crippen LogP contribution in [0.15, 0.2) is 6.33 Å². The van der Waals surface area contributed by atoms with E-state index < -0.39 is 17.6 Å². The Labute approximate surface area is 79.2 Å². The maximum absolute atomic E-state index is 10.5. The number of aromatic carboxylic acids is 2. The zero-order valence-electron chi connectivity index (χ0n) is 6.59. The molecular formula is C6H7ClN2O4. The first-order valence-electron chi connectivity index (χ1n) is 3.02. The van der Waals surface area contributed by atoms with E-state index in [0.29, 0.717) is 0 Å². The van der Waals surface area contributed by atoms with Gasteiger partial charge in [0.2, 0.25) is 0 Å². The molecule has 0 amide bonds. The highest BCUT2D eigenvalue weighted by atomic mass is 35.5. The quantitative estimate of drug-likeness (QED) is 0.723. The number of halogens is 1. The predicted octanol–water partition coefficient (Wildman–Crippen LogP) is 0.238. The molecule has 7 heteroatoms.